The summed E-state index contributed by atoms with van der Waals surface area (Å²) in [7, 11) is 0. The van der Waals surface area contributed by atoms with Crippen molar-refractivity contribution in [3.63, 3.8) is 0 Å². The van der Waals surface area contributed by atoms with Crippen LogP contribution in [-0.4, -0.2) is 39.6 Å². The predicted octanol–water partition coefficient (Wildman–Crippen LogP) is -1.64. The Labute approximate surface area is 163 Å². The van der Waals surface area contributed by atoms with Crippen molar-refractivity contribution in [3.8, 4) is 18.2 Å². The van der Waals surface area contributed by atoms with Crippen LogP contribution in [0.1, 0.15) is 19.3 Å². The molecule has 0 fully saturated rings. The van der Waals surface area contributed by atoms with Crippen molar-refractivity contribution in [2.24, 2.45) is 0 Å². The molecule has 0 aliphatic heterocycles. The first-order chi connectivity index (χ1) is 9.35. The molecule has 0 aromatic carbocycles. The van der Waals surface area contributed by atoms with Gasteiger partial charge in [0.25, 0.3) is 0 Å². The Morgan fingerprint density at radius 1 is 0.650 bits per heavy atom. The third kappa shape index (κ3) is 16.0. The zero-order valence-electron chi connectivity index (χ0n) is 11.9. The summed E-state index contributed by atoms with van der Waals surface area (Å²) < 4.78 is 15.9. The molecule has 0 bridgehead atoms. The number of hydrogen-bond acceptors (Lipinski definition) is 6. The monoisotopic (exact) mass is 303 g/mol. The minimum absolute atomic E-state index is 0. The molecule has 104 valence electrons. The fraction of sp³-hybridized carbons (Fsp3) is 0.692. The van der Waals surface area contributed by atoms with Gasteiger partial charge in [-0.15, -0.1) is 0 Å². The van der Waals surface area contributed by atoms with E-state index in [-0.39, 0.29) is 51.4 Å². The van der Waals surface area contributed by atoms with Gasteiger partial charge in [0.1, 0.15) is 0 Å². The maximum atomic E-state index is 8.39. The van der Waals surface area contributed by atoms with Crippen molar-refractivity contribution in [2.75, 3.05) is 39.6 Å². The van der Waals surface area contributed by atoms with E-state index < -0.39 is 0 Å². The van der Waals surface area contributed by atoms with Crippen LogP contribution in [0, 0.1) is 39.9 Å². The van der Waals surface area contributed by atoms with Crippen molar-refractivity contribution in [2.45, 2.75) is 19.3 Å². The molecule has 0 amide bonds. The molecule has 0 N–H and O–H groups in total. The van der Waals surface area contributed by atoms with Crippen LogP contribution in [-0.2, 0) is 14.2 Å². The second-order valence-electron chi connectivity index (χ2n) is 3.63. The standard InChI is InChI=1S/C13H18N3O3.K/c14-4-1-7-17-10-13(11-18-8-2-5-15)12-19-9-3-6-16;/h1-3,7-12H2;/q-1;+1. The van der Waals surface area contributed by atoms with Gasteiger partial charge in [0.15, 0.2) is 0 Å². The van der Waals surface area contributed by atoms with E-state index in [0.717, 1.165) is 5.92 Å². The summed E-state index contributed by atoms with van der Waals surface area (Å²) in [5.74, 6) is 0.897. The molecule has 0 saturated heterocycles. The minimum Gasteiger partial charge on any atom is -0.412 e. The predicted molar refractivity (Wildman–Crippen MR) is 66.4 cm³/mol. The van der Waals surface area contributed by atoms with E-state index >= 15 is 0 Å². The molecule has 7 heteroatoms. The first kappa shape index (κ1) is 22.3. The van der Waals surface area contributed by atoms with Gasteiger partial charge >= 0.3 is 51.4 Å². The Hall–Kier alpha value is -0.0136. The van der Waals surface area contributed by atoms with Crippen LogP contribution >= 0.6 is 0 Å². The third-order valence-electron chi connectivity index (χ3n) is 1.99. The number of nitriles is 3. The normalized spacial score (nSPS) is 9.30. The molecule has 0 aliphatic rings. The molecule has 6 nitrogen and oxygen atoms in total. The zero-order valence-corrected chi connectivity index (χ0v) is 15.1. The zero-order chi connectivity index (χ0) is 14.2. The van der Waals surface area contributed by atoms with Gasteiger partial charge in [-0.25, -0.2) is 5.92 Å². The van der Waals surface area contributed by atoms with Crippen molar-refractivity contribution < 1.29 is 65.6 Å². The molecule has 0 unspecified atom stereocenters. The molecule has 0 aliphatic carbocycles. The van der Waals surface area contributed by atoms with E-state index in [4.69, 9.17) is 30.0 Å². The van der Waals surface area contributed by atoms with Gasteiger partial charge in [-0.3, -0.25) is 0 Å². The number of hydrogen-bond donors (Lipinski definition) is 0. The van der Waals surface area contributed by atoms with Gasteiger partial charge in [-0.2, -0.15) is 15.8 Å². The molecular formula is C13H18KN3O3. The van der Waals surface area contributed by atoms with Gasteiger partial charge < -0.3 is 14.2 Å². The van der Waals surface area contributed by atoms with Crippen LogP contribution in [0.3, 0.4) is 0 Å². The first-order valence-electron chi connectivity index (χ1n) is 6.02. The Kier molecular flexibility index (Phi) is 21.1. The number of rotatable bonds is 12. The summed E-state index contributed by atoms with van der Waals surface area (Å²) in [5.41, 5.74) is 0. The second-order valence-corrected chi connectivity index (χ2v) is 3.63. The van der Waals surface area contributed by atoms with E-state index in [0.29, 0.717) is 58.9 Å². The van der Waals surface area contributed by atoms with E-state index in [1.54, 1.807) is 0 Å². The van der Waals surface area contributed by atoms with Crippen molar-refractivity contribution in [3.05, 3.63) is 5.92 Å². The molecule has 0 aromatic rings. The first-order valence-corrected chi connectivity index (χ1v) is 6.02. The van der Waals surface area contributed by atoms with Gasteiger partial charge in [0.05, 0.1) is 57.3 Å². The molecule has 0 saturated carbocycles. The SMILES string of the molecule is N#CCCOC[C-](COCCC#N)COCCC#N.[K+]. The Bertz CT molecular complexity index is 281. The molecular weight excluding hydrogens is 285 g/mol. The third-order valence-corrected chi connectivity index (χ3v) is 1.99. The number of ether oxygens (including phenoxy) is 3. The summed E-state index contributed by atoms with van der Waals surface area (Å²) in [6, 6.07) is 5.98. The molecule has 0 atom stereocenters. The van der Waals surface area contributed by atoms with E-state index in [2.05, 4.69) is 0 Å². The van der Waals surface area contributed by atoms with Crippen molar-refractivity contribution in [1.82, 2.24) is 0 Å². The van der Waals surface area contributed by atoms with Crippen LogP contribution < -0.4 is 51.4 Å². The summed E-state index contributed by atoms with van der Waals surface area (Å²) in [4.78, 5) is 0. The van der Waals surface area contributed by atoms with Crippen LogP contribution in [0.2, 0.25) is 0 Å². The molecule has 20 heavy (non-hydrogen) atoms. The largest absolute Gasteiger partial charge is 1.00 e. The molecule has 0 rings (SSSR count). The van der Waals surface area contributed by atoms with E-state index in [1.165, 1.54) is 0 Å². The Morgan fingerprint density at radius 2 is 0.950 bits per heavy atom. The topological polar surface area (TPSA) is 99.1 Å². The molecule has 0 heterocycles. The molecule has 0 aromatic heterocycles. The van der Waals surface area contributed by atoms with Crippen LogP contribution in [0.25, 0.3) is 0 Å². The van der Waals surface area contributed by atoms with Crippen molar-refractivity contribution in [1.29, 1.82) is 15.8 Å². The average molecular weight is 303 g/mol. The fourth-order valence-corrected chi connectivity index (χ4v) is 1.13. The van der Waals surface area contributed by atoms with E-state index in [1.807, 2.05) is 18.2 Å². The Morgan fingerprint density at radius 3 is 1.20 bits per heavy atom. The Balaban J connectivity index is 0. The van der Waals surface area contributed by atoms with E-state index in [9.17, 15) is 0 Å². The molecule has 0 radical (unpaired) electrons. The fourth-order valence-electron chi connectivity index (χ4n) is 1.13. The maximum Gasteiger partial charge on any atom is 1.00 e. The van der Waals surface area contributed by atoms with Crippen LogP contribution in [0.15, 0.2) is 0 Å². The maximum absolute atomic E-state index is 8.39. The summed E-state index contributed by atoms with van der Waals surface area (Å²) in [6.45, 7) is 2.20. The summed E-state index contributed by atoms with van der Waals surface area (Å²) in [6.07, 6.45) is 1.04. The van der Waals surface area contributed by atoms with Crippen LogP contribution in [0.5, 0.6) is 0 Å². The smallest absolute Gasteiger partial charge is 0.412 e. The van der Waals surface area contributed by atoms with Crippen molar-refractivity contribution >= 4 is 0 Å². The van der Waals surface area contributed by atoms with Gasteiger partial charge in [0.2, 0.25) is 0 Å². The minimum atomic E-state index is 0. The van der Waals surface area contributed by atoms with Gasteiger partial charge in [-0.05, 0) is 0 Å². The van der Waals surface area contributed by atoms with Gasteiger partial charge in [0, 0.05) is 0 Å². The summed E-state index contributed by atoms with van der Waals surface area (Å²) >= 11 is 0. The quantitative estimate of drug-likeness (QED) is 0.243. The summed E-state index contributed by atoms with van der Waals surface area (Å²) in [5, 5.41) is 25.2. The van der Waals surface area contributed by atoms with Crippen LogP contribution in [0.4, 0.5) is 0 Å². The molecule has 0 spiro atoms. The van der Waals surface area contributed by atoms with Gasteiger partial charge in [-0.1, -0.05) is 19.8 Å². The number of nitrogens with zero attached hydrogens (tertiary/aromatic N) is 3. The average Bonchev–Trinajstić information content (AvgIpc) is 2.43. The second kappa shape index (κ2) is 19.0.